The number of aliphatic hydroxyl groups excluding tert-OH is 1. The molecule has 0 amide bonds. The maximum atomic E-state index is 10.5. The van der Waals surface area contributed by atoms with Gasteiger partial charge in [-0.1, -0.05) is 24.3 Å². The topological polar surface area (TPSA) is 51.2 Å². The molecule has 2 aromatic carbocycles. The summed E-state index contributed by atoms with van der Waals surface area (Å²) < 4.78 is 16.0. The fourth-order valence-electron chi connectivity index (χ4n) is 2.91. The van der Waals surface area contributed by atoms with Crippen molar-refractivity contribution in [3.05, 3.63) is 59.7 Å². The average Bonchev–Trinajstić information content (AvgIpc) is 2.68. The summed E-state index contributed by atoms with van der Waals surface area (Å²) in [5.41, 5.74) is 2.54. The number of hydrogen-bond donors (Lipinski definition) is 1. The predicted octanol–water partition coefficient (Wildman–Crippen LogP) is 3.28. The lowest BCUT2D eigenvalue weighted by Crippen LogP contribution is -2.36. The molecule has 1 atom stereocenters. The first kappa shape index (κ1) is 21.2. The molecule has 0 aromatic heterocycles. The normalized spacial score (nSPS) is 12.2. The Labute approximate surface area is 162 Å². The van der Waals surface area contributed by atoms with E-state index in [4.69, 9.17) is 14.2 Å². The first-order chi connectivity index (χ1) is 13.1. The van der Waals surface area contributed by atoms with Crippen LogP contribution in [0.5, 0.6) is 11.5 Å². The number of methoxy groups -OCH3 is 2. The summed E-state index contributed by atoms with van der Waals surface area (Å²) in [7, 11) is 3.34. The van der Waals surface area contributed by atoms with Crippen LogP contribution < -0.4 is 9.47 Å². The van der Waals surface area contributed by atoms with Crippen molar-refractivity contribution in [3.8, 4) is 11.5 Å². The zero-order chi connectivity index (χ0) is 19.5. The van der Waals surface area contributed by atoms with E-state index in [0.717, 1.165) is 31.0 Å². The van der Waals surface area contributed by atoms with Gasteiger partial charge in [-0.05, 0) is 48.7 Å². The lowest BCUT2D eigenvalue weighted by Gasteiger charge is -2.26. The summed E-state index contributed by atoms with van der Waals surface area (Å²) in [6.07, 6.45) is 0.354. The van der Waals surface area contributed by atoms with E-state index >= 15 is 0 Å². The number of aliphatic hydroxyl groups is 1. The quantitative estimate of drug-likeness (QED) is 0.579. The average molecular weight is 373 g/mol. The van der Waals surface area contributed by atoms with Gasteiger partial charge >= 0.3 is 0 Å². The minimum Gasteiger partial charge on any atom is -0.497 e. The van der Waals surface area contributed by atoms with Crippen molar-refractivity contribution in [2.75, 3.05) is 40.5 Å². The van der Waals surface area contributed by atoms with Crippen LogP contribution in [0.4, 0.5) is 0 Å². The summed E-state index contributed by atoms with van der Waals surface area (Å²) in [6, 6.07) is 15.7. The van der Waals surface area contributed by atoms with Gasteiger partial charge in [0.2, 0.25) is 0 Å². The number of ether oxygens (including phenoxy) is 3. The molecule has 0 bridgehead atoms. The Hall–Kier alpha value is -2.08. The second kappa shape index (κ2) is 11.6. The van der Waals surface area contributed by atoms with Gasteiger partial charge in [-0.3, -0.25) is 4.90 Å². The number of rotatable bonds is 12. The Balaban J connectivity index is 1.88. The lowest BCUT2D eigenvalue weighted by atomic mass is 10.1. The van der Waals surface area contributed by atoms with Crippen molar-refractivity contribution in [3.63, 3.8) is 0 Å². The summed E-state index contributed by atoms with van der Waals surface area (Å²) in [6.45, 7) is 5.29. The fourth-order valence-corrected chi connectivity index (χ4v) is 2.91. The Morgan fingerprint density at radius 1 is 1.00 bits per heavy atom. The van der Waals surface area contributed by atoms with E-state index in [1.807, 2.05) is 30.3 Å². The molecule has 5 heteroatoms. The van der Waals surface area contributed by atoms with Gasteiger partial charge in [-0.2, -0.15) is 0 Å². The van der Waals surface area contributed by atoms with E-state index in [0.29, 0.717) is 13.2 Å². The molecule has 0 fully saturated rings. The van der Waals surface area contributed by atoms with Crippen LogP contribution in [0, 0.1) is 6.92 Å². The van der Waals surface area contributed by atoms with Crippen LogP contribution in [0.2, 0.25) is 0 Å². The predicted molar refractivity (Wildman–Crippen MR) is 107 cm³/mol. The van der Waals surface area contributed by atoms with E-state index in [9.17, 15) is 5.11 Å². The molecule has 27 heavy (non-hydrogen) atoms. The highest BCUT2D eigenvalue weighted by molar-refractivity contribution is 5.31. The largest absolute Gasteiger partial charge is 0.497 e. The fraction of sp³-hybridized carbons (Fsp3) is 0.455. The maximum absolute atomic E-state index is 10.5. The van der Waals surface area contributed by atoms with E-state index < -0.39 is 6.10 Å². The molecular weight excluding hydrogens is 342 g/mol. The Morgan fingerprint density at radius 3 is 2.37 bits per heavy atom. The molecule has 0 saturated carbocycles. The molecule has 0 radical (unpaired) electrons. The van der Waals surface area contributed by atoms with Crippen molar-refractivity contribution in [1.82, 2.24) is 4.90 Å². The molecule has 5 nitrogen and oxygen atoms in total. The highest BCUT2D eigenvalue weighted by Crippen LogP contribution is 2.17. The van der Waals surface area contributed by atoms with Crippen LogP contribution in [0.3, 0.4) is 0 Å². The van der Waals surface area contributed by atoms with Crippen LogP contribution in [0.15, 0.2) is 48.5 Å². The summed E-state index contributed by atoms with van der Waals surface area (Å²) in [4.78, 5) is 2.25. The number of benzene rings is 2. The third-order valence-corrected chi connectivity index (χ3v) is 4.45. The van der Waals surface area contributed by atoms with Gasteiger partial charge in [0, 0.05) is 33.4 Å². The van der Waals surface area contributed by atoms with E-state index in [2.05, 4.69) is 30.0 Å². The highest BCUT2D eigenvalue weighted by atomic mass is 16.5. The minimum atomic E-state index is -0.571. The standard InChI is InChI=1S/C22H31NO4/c1-18-7-4-5-8-19(18)15-23(13-6-14-25-2)16-20(24)17-27-22-11-9-21(26-3)10-12-22/h4-5,7-12,20,24H,6,13-17H2,1-3H3/t20-/m0/s1. The van der Waals surface area contributed by atoms with Crippen LogP contribution in [-0.4, -0.2) is 56.6 Å². The van der Waals surface area contributed by atoms with Crippen molar-refractivity contribution in [2.45, 2.75) is 26.0 Å². The molecule has 0 aliphatic heterocycles. The zero-order valence-electron chi connectivity index (χ0n) is 16.6. The van der Waals surface area contributed by atoms with Crippen LogP contribution in [0.1, 0.15) is 17.5 Å². The van der Waals surface area contributed by atoms with Crippen LogP contribution in [-0.2, 0) is 11.3 Å². The van der Waals surface area contributed by atoms with Gasteiger partial charge in [-0.15, -0.1) is 0 Å². The molecule has 0 saturated heterocycles. The van der Waals surface area contributed by atoms with Crippen LogP contribution >= 0.6 is 0 Å². The van der Waals surface area contributed by atoms with E-state index in [-0.39, 0.29) is 6.61 Å². The summed E-state index contributed by atoms with van der Waals surface area (Å²) >= 11 is 0. The van der Waals surface area contributed by atoms with Gasteiger partial charge in [0.25, 0.3) is 0 Å². The van der Waals surface area contributed by atoms with Crippen molar-refractivity contribution in [2.24, 2.45) is 0 Å². The Bertz CT molecular complexity index is 660. The second-order valence-corrected chi connectivity index (χ2v) is 6.65. The van der Waals surface area contributed by atoms with Crippen molar-refractivity contribution in [1.29, 1.82) is 0 Å². The van der Waals surface area contributed by atoms with Gasteiger partial charge in [-0.25, -0.2) is 0 Å². The number of nitrogens with zero attached hydrogens (tertiary/aromatic N) is 1. The van der Waals surface area contributed by atoms with Gasteiger partial charge in [0.05, 0.1) is 7.11 Å². The molecule has 2 aromatic rings. The number of aryl methyl sites for hydroxylation is 1. The molecule has 148 valence electrons. The molecule has 0 spiro atoms. The molecule has 0 aliphatic rings. The first-order valence-electron chi connectivity index (χ1n) is 9.33. The molecule has 1 N–H and O–H groups in total. The third-order valence-electron chi connectivity index (χ3n) is 4.45. The van der Waals surface area contributed by atoms with E-state index in [1.54, 1.807) is 14.2 Å². The van der Waals surface area contributed by atoms with Gasteiger partial charge in [0.15, 0.2) is 0 Å². The Morgan fingerprint density at radius 2 is 1.70 bits per heavy atom. The monoisotopic (exact) mass is 373 g/mol. The first-order valence-corrected chi connectivity index (χ1v) is 9.33. The molecule has 2 rings (SSSR count). The Kier molecular flexibility index (Phi) is 9.11. The minimum absolute atomic E-state index is 0.251. The highest BCUT2D eigenvalue weighted by Gasteiger charge is 2.14. The van der Waals surface area contributed by atoms with Gasteiger partial charge < -0.3 is 19.3 Å². The zero-order valence-corrected chi connectivity index (χ0v) is 16.6. The van der Waals surface area contributed by atoms with Crippen molar-refractivity contribution < 1.29 is 19.3 Å². The van der Waals surface area contributed by atoms with E-state index in [1.165, 1.54) is 11.1 Å². The summed E-state index contributed by atoms with van der Waals surface area (Å²) in [5, 5.41) is 10.5. The maximum Gasteiger partial charge on any atom is 0.119 e. The van der Waals surface area contributed by atoms with Gasteiger partial charge in [0.1, 0.15) is 24.2 Å². The second-order valence-electron chi connectivity index (χ2n) is 6.65. The molecule has 0 aliphatic carbocycles. The SMILES string of the molecule is COCCCN(Cc1ccccc1C)C[C@H](O)COc1ccc(OC)cc1. The summed E-state index contributed by atoms with van der Waals surface area (Å²) in [5.74, 6) is 1.50. The van der Waals surface area contributed by atoms with Crippen LogP contribution in [0.25, 0.3) is 0 Å². The molecule has 0 unspecified atom stereocenters. The smallest absolute Gasteiger partial charge is 0.119 e. The molecular formula is C22H31NO4. The lowest BCUT2D eigenvalue weighted by molar-refractivity contribution is 0.0617. The van der Waals surface area contributed by atoms with Crippen molar-refractivity contribution >= 4 is 0 Å². The molecule has 0 heterocycles. The third kappa shape index (κ3) is 7.59. The number of hydrogen-bond acceptors (Lipinski definition) is 5.